The number of hydrogen-bond donors (Lipinski definition) is 2. The van der Waals surface area contributed by atoms with Crippen LogP contribution in [0.5, 0.6) is 0 Å². The summed E-state index contributed by atoms with van der Waals surface area (Å²) < 4.78 is 42.9. The minimum Gasteiger partial charge on any atom is -0.381 e. The number of halogens is 3. The molecule has 2 aliphatic rings. The highest BCUT2D eigenvalue weighted by Crippen LogP contribution is 2.41. The fraction of sp³-hybridized carbons (Fsp3) is 0.345. The molecule has 6 rings (SSSR count). The van der Waals surface area contributed by atoms with Gasteiger partial charge in [-0.1, -0.05) is 5.92 Å². The van der Waals surface area contributed by atoms with Crippen LogP contribution < -0.4 is 10.6 Å². The molecule has 2 N–H and O–H groups in total. The first-order valence-corrected chi connectivity index (χ1v) is 13.8. The second kappa shape index (κ2) is 10.4. The van der Waals surface area contributed by atoms with Gasteiger partial charge in [0.25, 0.3) is 5.91 Å². The van der Waals surface area contributed by atoms with Gasteiger partial charge in [-0.25, -0.2) is 9.97 Å². The van der Waals surface area contributed by atoms with E-state index < -0.39 is 12.5 Å². The van der Waals surface area contributed by atoms with Crippen molar-refractivity contribution in [3.8, 4) is 23.6 Å². The first-order chi connectivity index (χ1) is 19.2. The SMILES string of the molecule is C#Cc1cc(-c2ccc3c(ccc4sc5c(c43)NC[C@@H](C)NC5=O)n2)cc(CN2CCC(OC(F)(F)F)CC2)n1. The number of thiophene rings is 1. The molecule has 0 unspecified atom stereocenters. The number of carbonyl (C=O) groups excluding carboxylic acids is 1. The van der Waals surface area contributed by atoms with Gasteiger partial charge in [0.05, 0.1) is 28.7 Å². The molecule has 4 aromatic rings. The molecule has 7 nitrogen and oxygen atoms in total. The summed E-state index contributed by atoms with van der Waals surface area (Å²) in [5.74, 6) is 2.53. The summed E-state index contributed by atoms with van der Waals surface area (Å²) in [4.78, 5) is 24.9. The van der Waals surface area contributed by atoms with Crippen molar-refractivity contribution in [2.75, 3.05) is 25.0 Å². The number of hydrogen-bond acceptors (Lipinski definition) is 7. The predicted molar refractivity (Wildman–Crippen MR) is 149 cm³/mol. The van der Waals surface area contributed by atoms with Gasteiger partial charge in [-0.3, -0.25) is 14.4 Å². The summed E-state index contributed by atoms with van der Waals surface area (Å²) in [6.45, 7) is 4.00. The number of aromatic nitrogens is 2. The maximum atomic E-state index is 12.7. The van der Waals surface area contributed by atoms with Crippen LogP contribution in [0.25, 0.3) is 32.2 Å². The van der Waals surface area contributed by atoms with Crippen molar-refractivity contribution < 1.29 is 22.7 Å². The number of benzene rings is 1. The second-order valence-corrected chi connectivity index (χ2v) is 11.2. The van der Waals surface area contributed by atoms with Crippen LogP contribution in [0.3, 0.4) is 0 Å². The number of alkyl halides is 3. The van der Waals surface area contributed by atoms with E-state index in [0.717, 1.165) is 43.6 Å². The number of anilines is 1. The Kier molecular flexibility index (Phi) is 6.86. The molecular weight excluding hydrogens is 539 g/mol. The van der Waals surface area contributed by atoms with Crippen LogP contribution in [0.1, 0.15) is 40.8 Å². The Bertz CT molecular complexity index is 1650. The van der Waals surface area contributed by atoms with Crippen molar-refractivity contribution in [2.24, 2.45) is 0 Å². The van der Waals surface area contributed by atoms with Gasteiger partial charge in [-0.2, -0.15) is 0 Å². The number of fused-ring (bicyclic) bond motifs is 5. The third-order valence-corrected chi connectivity index (χ3v) is 8.39. The lowest BCUT2D eigenvalue weighted by atomic mass is 10.0. The number of ether oxygens (including phenoxy) is 1. The van der Waals surface area contributed by atoms with Gasteiger partial charge in [-0.15, -0.1) is 30.9 Å². The zero-order valence-electron chi connectivity index (χ0n) is 21.6. The predicted octanol–water partition coefficient (Wildman–Crippen LogP) is 5.54. The fourth-order valence-corrected chi connectivity index (χ4v) is 6.48. The standard InChI is InChI=1S/C29H26F3N5O2S/c1-3-18-12-17(13-19(35-18)15-37-10-8-20(9-11-37)39-29(30,31)32)22-5-4-21-23(36-22)6-7-24-25(21)26-27(40-24)28(38)34-16(2)14-33-26/h1,4-7,12-13,16,20,33H,8-11,14-15H2,2H3,(H,34,38)/t16-/m1/s1. The summed E-state index contributed by atoms with van der Waals surface area (Å²) in [5, 5.41) is 8.39. The Balaban J connectivity index is 1.29. The normalized spacial score (nSPS) is 18.7. The van der Waals surface area contributed by atoms with Crippen LogP contribution in [0.4, 0.5) is 18.9 Å². The van der Waals surface area contributed by atoms with Crippen LogP contribution in [0.2, 0.25) is 0 Å². The van der Waals surface area contributed by atoms with E-state index in [9.17, 15) is 18.0 Å². The van der Waals surface area contributed by atoms with E-state index in [-0.39, 0.29) is 11.9 Å². The highest BCUT2D eigenvalue weighted by atomic mass is 32.1. The average Bonchev–Trinajstić information content (AvgIpc) is 3.24. The second-order valence-electron chi connectivity index (χ2n) is 10.2. The Labute approximate surface area is 232 Å². The molecule has 0 bridgehead atoms. The monoisotopic (exact) mass is 565 g/mol. The lowest BCUT2D eigenvalue weighted by molar-refractivity contribution is -0.345. The molecule has 0 radical (unpaired) electrons. The van der Waals surface area contributed by atoms with E-state index in [1.165, 1.54) is 11.3 Å². The molecular formula is C29H26F3N5O2S. The Morgan fingerprint density at radius 1 is 1.18 bits per heavy atom. The molecule has 40 heavy (non-hydrogen) atoms. The summed E-state index contributed by atoms with van der Waals surface area (Å²) >= 11 is 1.46. The van der Waals surface area contributed by atoms with E-state index in [1.54, 1.807) is 0 Å². The van der Waals surface area contributed by atoms with Crippen molar-refractivity contribution in [1.29, 1.82) is 0 Å². The molecule has 1 saturated heterocycles. The van der Waals surface area contributed by atoms with Crippen molar-refractivity contribution in [1.82, 2.24) is 20.2 Å². The van der Waals surface area contributed by atoms with Gasteiger partial charge in [-0.05, 0) is 56.2 Å². The molecule has 1 aromatic carbocycles. The van der Waals surface area contributed by atoms with Crippen molar-refractivity contribution in [3.05, 3.63) is 52.7 Å². The molecule has 0 spiro atoms. The molecule has 3 aromatic heterocycles. The van der Waals surface area contributed by atoms with Crippen LogP contribution in [0.15, 0.2) is 36.4 Å². The lowest BCUT2D eigenvalue weighted by Gasteiger charge is -2.31. The van der Waals surface area contributed by atoms with Crippen LogP contribution >= 0.6 is 11.3 Å². The molecule has 206 valence electrons. The maximum Gasteiger partial charge on any atom is 0.522 e. The van der Waals surface area contributed by atoms with Crippen molar-refractivity contribution in [2.45, 2.75) is 44.8 Å². The average molecular weight is 566 g/mol. The van der Waals surface area contributed by atoms with Gasteiger partial charge < -0.3 is 10.6 Å². The Morgan fingerprint density at radius 2 is 1.98 bits per heavy atom. The quantitative estimate of drug-likeness (QED) is 0.317. The van der Waals surface area contributed by atoms with E-state index >= 15 is 0 Å². The summed E-state index contributed by atoms with van der Waals surface area (Å²) in [6, 6.07) is 11.6. The van der Waals surface area contributed by atoms with Gasteiger partial charge >= 0.3 is 6.36 Å². The fourth-order valence-electron chi connectivity index (χ4n) is 5.38. The number of terminal acetylenes is 1. The number of carbonyl (C=O) groups is 1. The lowest BCUT2D eigenvalue weighted by Crippen LogP contribution is -2.38. The Hall–Kier alpha value is -3.72. The molecule has 1 fully saturated rings. The number of likely N-dealkylation sites (tertiary alicyclic amines) is 1. The van der Waals surface area contributed by atoms with Gasteiger partial charge in [0.1, 0.15) is 10.6 Å². The molecule has 5 heterocycles. The van der Waals surface area contributed by atoms with Crippen LogP contribution in [-0.2, 0) is 11.3 Å². The first kappa shape index (κ1) is 26.5. The number of nitrogens with one attached hydrogen (secondary N) is 2. The van der Waals surface area contributed by atoms with Gasteiger partial charge in [0.2, 0.25) is 0 Å². The smallest absolute Gasteiger partial charge is 0.381 e. The topological polar surface area (TPSA) is 79.4 Å². The number of piperidine rings is 1. The molecule has 0 saturated carbocycles. The van der Waals surface area contributed by atoms with E-state index in [2.05, 4.69) is 31.2 Å². The summed E-state index contributed by atoms with van der Waals surface area (Å²) in [5.41, 5.74) is 4.36. The molecule has 0 aliphatic carbocycles. The zero-order valence-corrected chi connectivity index (χ0v) is 22.5. The number of amides is 1. The highest BCUT2D eigenvalue weighted by molar-refractivity contribution is 7.21. The van der Waals surface area contributed by atoms with E-state index in [4.69, 9.17) is 11.4 Å². The number of pyridine rings is 2. The first-order valence-electron chi connectivity index (χ1n) is 13.0. The third-order valence-electron chi connectivity index (χ3n) is 7.23. The number of rotatable bonds is 4. The molecule has 11 heteroatoms. The van der Waals surface area contributed by atoms with Crippen LogP contribution in [0, 0.1) is 12.3 Å². The van der Waals surface area contributed by atoms with E-state index in [1.807, 2.05) is 43.3 Å². The van der Waals surface area contributed by atoms with Crippen LogP contribution in [-0.4, -0.2) is 58.9 Å². The minimum absolute atomic E-state index is 0.0210. The van der Waals surface area contributed by atoms with Crippen molar-refractivity contribution >= 4 is 43.9 Å². The zero-order chi connectivity index (χ0) is 28.0. The molecule has 1 amide bonds. The highest BCUT2D eigenvalue weighted by Gasteiger charge is 2.35. The van der Waals surface area contributed by atoms with E-state index in [0.29, 0.717) is 49.6 Å². The largest absolute Gasteiger partial charge is 0.522 e. The third kappa shape index (κ3) is 5.35. The van der Waals surface area contributed by atoms with Gasteiger partial charge in [0, 0.05) is 53.3 Å². The maximum absolute atomic E-state index is 12.7. The van der Waals surface area contributed by atoms with Crippen molar-refractivity contribution in [3.63, 3.8) is 0 Å². The molecule has 2 aliphatic heterocycles. The summed E-state index contributed by atoms with van der Waals surface area (Å²) in [7, 11) is 0. The Morgan fingerprint density at radius 3 is 2.73 bits per heavy atom. The molecule has 1 atom stereocenters. The summed E-state index contributed by atoms with van der Waals surface area (Å²) in [6.07, 6.45) is 0.859. The minimum atomic E-state index is -4.62. The van der Waals surface area contributed by atoms with Gasteiger partial charge in [0.15, 0.2) is 0 Å². The number of nitrogens with zero attached hydrogens (tertiary/aromatic N) is 3.